The molecule has 0 aromatic heterocycles. The molecule has 1 rings (SSSR count). The van der Waals surface area contributed by atoms with Crippen LogP contribution in [0.2, 0.25) is 0 Å². The van der Waals surface area contributed by atoms with Gasteiger partial charge in [-0.2, -0.15) is 0 Å². The highest BCUT2D eigenvalue weighted by molar-refractivity contribution is 5.40. The van der Waals surface area contributed by atoms with Gasteiger partial charge in [-0.1, -0.05) is 6.07 Å². The maximum Gasteiger partial charge on any atom is 0.127 e. The van der Waals surface area contributed by atoms with Crippen LogP contribution in [0, 0.1) is 0 Å². The van der Waals surface area contributed by atoms with Crippen LogP contribution in [0.1, 0.15) is 5.56 Å². The molecule has 1 N–H and O–H groups in total. The lowest BCUT2D eigenvalue weighted by atomic mass is 10.2. The highest BCUT2D eigenvalue weighted by atomic mass is 16.5. The van der Waals surface area contributed by atoms with Crippen molar-refractivity contribution < 1.29 is 9.47 Å². The van der Waals surface area contributed by atoms with E-state index in [1.807, 2.05) is 25.2 Å². The number of benzene rings is 1. The number of rotatable bonds is 4. The summed E-state index contributed by atoms with van der Waals surface area (Å²) >= 11 is 0. The van der Waals surface area contributed by atoms with E-state index in [9.17, 15) is 0 Å². The van der Waals surface area contributed by atoms with Crippen LogP contribution < -0.4 is 14.8 Å². The number of nitrogens with one attached hydrogen (secondary N) is 1. The largest absolute Gasteiger partial charge is 0.497 e. The molecule has 0 saturated heterocycles. The normalized spacial score (nSPS) is 9.77. The summed E-state index contributed by atoms with van der Waals surface area (Å²) in [5, 5.41) is 3.08. The minimum absolute atomic E-state index is 0.799. The van der Waals surface area contributed by atoms with E-state index in [2.05, 4.69) is 5.32 Å². The standard InChI is InChI=1S/C10H15NO2/c1-11-7-8-4-5-9(12-2)6-10(8)13-3/h4-6,11H,7H2,1-3H3. The second-order valence-electron chi connectivity index (χ2n) is 2.71. The molecule has 3 nitrogen and oxygen atoms in total. The van der Waals surface area contributed by atoms with Crippen LogP contribution in [0.15, 0.2) is 18.2 Å². The predicted molar refractivity (Wildman–Crippen MR) is 52.3 cm³/mol. The summed E-state index contributed by atoms with van der Waals surface area (Å²) < 4.78 is 10.3. The molecule has 13 heavy (non-hydrogen) atoms. The van der Waals surface area contributed by atoms with Crippen molar-refractivity contribution in [3.63, 3.8) is 0 Å². The Labute approximate surface area is 78.7 Å². The first-order valence-electron chi connectivity index (χ1n) is 4.17. The Balaban J connectivity index is 2.93. The van der Waals surface area contributed by atoms with Crippen LogP contribution in [0.5, 0.6) is 11.5 Å². The Morgan fingerprint density at radius 2 is 2.00 bits per heavy atom. The van der Waals surface area contributed by atoms with Crippen molar-refractivity contribution in [2.75, 3.05) is 21.3 Å². The summed E-state index contributed by atoms with van der Waals surface area (Å²) in [6.45, 7) is 0.799. The molecular formula is C10H15NO2. The molecule has 0 amide bonds. The zero-order chi connectivity index (χ0) is 9.68. The second-order valence-corrected chi connectivity index (χ2v) is 2.71. The minimum Gasteiger partial charge on any atom is -0.497 e. The average Bonchev–Trinajstić information content (AvgIpc) is 2.19. The number of hydrogen-bond acceptors (Lipinski definition) is 3. The van der Waals surface area contributed by atoms with Crippen molar-refractivity contribution in [3.8, 4) is 11.5 Å². The van der Waals surface area contributed by atoms with E-state index in [4.69, 9.17) is 9.47 Å². The maximum atomic E-state index is 5.22. The number of methoxy groups -OCH3 is 2. The lowest BCUT2D eigenvalue weighted by Crippen LogP contribution is -2.06. The van der Waals surface area contributed by atoms with Gasteiger partial charge in [-0.05, 0) is 13.1 Å². The topological polar surface area (TPSA) is 30.5 Å². The van der Waals surface area contributed by atoms with E-state index in [1.165, 1.54) is 0 Å². The van der Waals surface area contributed by atoms with Crippen LogP contribution in [0.25, 0.3) is 0 Å². The van der Waals surface area contributed by atoms with Crippen LogP contribution in [0.4, 0.5) is 0 Å². The van der Waals surface area contributed by atoms with E-state index in [-0.39, 0.29) is 0 Å². The molecule has 0 spiro atoms. The highest BCUT2D eigenvalue weighted by Gasteiger charge is 2.02. The molecule has 1 aromatic carbocycles. The summed E-state index contributed by atoms with van der Waals surface area (Å²) in [7, 11) is 5.21. The third-order valence-electron chi connectivity index (χ3n) is 1.86. The van der Waals surface area contributed by atoms with Crippen molar-refractivity contribution in [1.29, 1.82) is 0 Å². The first kappa shape index (κ1) is 9.86. The summed E-state index contributed by atoms with van der Waals surface area (Å²) in [5.74, 6) is 1.67. The molecule has 0 unspecified atom stereocenters. The molecule has 0 aliphatic carbocycles. The van der Waals surface area contributed by atoms with Crippen LogP contribution >= 0.6 is 0 Å². The molecule has 0 atom stereocenters. The lowest BCUT2D eigenvalue weighted by Gasteiger charge is -2.09. The average molecular weight is 181 g/mol. The summed E-state index contributed by atoms with van der Waals surface area (Å²) in [5.41, 5.74) is 1.13. The molecule has 0 aliphatic heterocycles. The van der Waals surface area contributed by atoms with Gasteiger partial charge in [0.15, 0.2) is 0 Å². The molecule has 0 saturated carbocycles. The van der Waals surface area contributed by atoms with E-state index in [1.54, 1.807) is 14.2 Å². The molecule has 72 valence electrons. The predicted octanol–water partition coefficient (Wildman–Crippen LogP) is 1.42. The van der Waals surface area contributed by atoms with E-state index < -0.39 is 0 Å². The summed E-state index contributed by atoms with van der Waals surface area (Å²) in [6, 6.07) is 5.80. The first-order chi connectivity index (χ1) is 6.31. The van der Waals surface area contributed by atoms with E-state index in [0.29, 0.717) is 0 Å². The Morgan fingerprint density at radius 3 is 2.54 bits per heavy atom. The maximum absolute atomic E-state index is 5.22. The SMILES string of the molecule is CNCc1ccc(OC)cc1OC. The molecule has 0 radical (unpaired) electrons. The molecular weight excluding hydrogens is 166 g/mol. The van der Waals surface area contributed by atoms with Crippen LogP contribution in [-0.4, -0.2) is 21.3 Å². The van der Waals surface area contributed by atoms with E-state index in [0.717, 1.165) is 23.6 Å². The fourth-order valence-electron chi connectivity index (χ4n) is 1.19. The van der Waals surface area contributed by atoms with Crippen LogP contribution in [-0.2, 0) is 6.54 Å². The number of ether oxygens (including phenoxy) is 2. The molecule has 3 heteroatoms. The Bertz CT molecular complexity index is 274. The Kier molecular flexibility index (Phi) is 3.58. The zero-order valence-electron chi connectivity index (χ0n) is 8.26. The van der Waals surface area contributed by atoms with Crippen molar-refractivity contribution in [2.24, 2.45) is 0 Å². The van der Waals surface area contributed by atoms with Gasteiger partial charge in [-0.15, -0.1) is 0 Å². The lowest BCUT2D eigenvalue weighted by molar-refractivity contribution is 0.390. The van der Waals surface area contributed by atoms with Crippen molar-refractivity contribution in [1.82, 2.24) is 5.32 Å². The fourth-order valence-corrected chi connectivity index (χ4v) is 1.19. The zero-order valence-corrected chi connectivity index (χ0v) is 8.26. The van der Waals surface area contributed by atoms with Gasteiger partial charge in [-0.3, -0.25) is 0 Å². The molecule has 0 bridgehead atoms. The third kappa shape index (κ3) is 2.36. The smallest absolute Gasteiger partial charge is 0.127 e. The van der Waals surface area contributed by atoms with Gasteiger partial charge in [0.25, 0.3) is 0 Å². The van der Waals surface area contributed by atoms with Gasteiger partial charge >= 0.3 is 0 Å². The van der Waals surface area contributed by atoms with Gasteiger partial charge < -0.3 is 14.8 Å². The van der Waals surface area contributed by atoms with Gasteiger partial charge in [0.1, 0.15) is 11.5 Å². The quantitative estimate of drug-likeness (QED) is 0.762. The summed E-state index contributed by atoms with van der Waals surface area (Å²) in [4.78, 5) is 0. The van der Waals surface area contributed by atoms with Crippen molar-refractivity contribution in [3.05, 3.63) is 23.8 Å². The van der Waals surface area contributed by atoms with Gasteiger partial charge in [0.05, 0.1) is 14.2 Å². The first-order valence-corrected chi connectivity index (χ1v) is 4.17. The third-order valence-corrected chi connectivity index (χ3v) is 1.86. The van der Waals surface area contributed by atoms with Gasteiger partial charge in [0, 0.05) is 18.2 Å². The molecule has 0 heterocycles. The fraction of sp³-hybridized carbons (Fsp3) is 0.400. The monoisotopic (exact) mass is 181 g/mol. The van der Waals surface area contributed by atoms with Crippen molar-refractivity contribution >= 4 is 0 Å². The Hall–Kier alpha value is -1.22. The van der Waals surface area contributed by atoms with Gasteiger partial charge in [-0.25, -0.2) is 0 Å². The van der Waals surface area contributed by atoms with Gasteiger partial charge in [0.2, 0.25) is 0 Å². The van der Waals surface area contributed by atoms with Crippen LogP contribution in [0.3, 0.4) is 0 Å². The highest BCUT2D eigenvalue weighted by Crippen LogP contribution is 2.24. The minimum atomic E-state index is 0.799. The summed E-state index contributed by atoms with van der Waals surface area (Å²) in [6.07, 6.45) is 0. The molecule has 0 aliphatic rings. The van der Waals surface area contributed by atoms with Crippen molar-refractivity contribution in [2.45, 2.75) is 6.54 Å². The molecule has 0 fully saturated rings. The van der Waals surface area contributed by atoms with E-state index >= 15 is 0 Å². The Morgan fingerprint density at radius 1 is 1.23 bits per heavy atom. The molecule has 1 aromatic rings. The number of hydrogen-bond donors (Lipinski definition) is 1. The second kappa shape index (κ2) is 4.72.